The van der Waals surface area contributed by atoms with Crippen molar-refractivity contribution in [3.63, 3.8) is 0 Å². The Morgan fingerprint density at radius 3 is 2.47 bits per heavy atom. The van der Waals surface area contributed by atoms with Crippen LogP contribution in [0.5, 0.6) is 0 Å². The molecule has 7 nitrogen and oxygen atoms in total. The van der Waals surface area contributed by atoms with E-state index in [1.807, 2.05) is 48.2 Å². The van der Waals surface area contributed by atoms with Gasteiger partial charge in [-0.25, -0.2) is 0 Å². The molecule has 0 bridgehead atoms. The summed E-state index contributed by atoms with van der Waals surface area (Å²) in [5.74, 6) is -1.49. The SMILES string of the molecule is CC[C@@H](CO)N1C(=O)[C@@H]2[C@@H]3C(=O)N(c4ccccc4)CC=C[C@@H]3S[C@@]23C=CCN(C2CCCCC2)C(=O)C13. The van der Waals surface area contributed by atoms with Crippen LogP contribution >= 0.6 is 11.8 Å². The normalized spacial score (nSPS) is 34.2. The molecule has 1 aromatic carbocycles. The maximum absolute atomic E-state index is 14.5. The van der Waals surface area contributed by atoms with Gasteiger partial charge in [-0.1, -0.05) is 68.7 Å². The number of fused-ring (bicyclic) bond motifs is 2. The van der Waals surface area contributed by atoms with Gasteiger partial charge in [0.25, 0.3) is 0 Å². The van der Waals surface area contributed by atoms with Crippen molar-refractivity contribution in [3.8, 4) is 0 Å². The fourth-order valence-electron chi connectivity index (χ4n) is 7.46. The summed E-state index contributed by atoms with van der Waals surface area (Å²) in [4.78, 5) is 48.5. The first-order valence-electron chi connectivity index (χ1n) is 14.1. The summed E-state index contributed by atoms with van der Waals surface area (Å²) in [6.45, 7) is 2.72. The Kier molecular flexibility index (Phi) is 6.89. The molecule has 4 heterocycles. The number of likely N-dealkylation sites (tertiary alicyclic amines) is 1. The number of amides is 3. The molecule has 0 radical (unpaired) electrons. The van der Waals surface area contributed by atoms with E-state index >= 15 is 0 Å². The number of hydrogen-bond donors (Lipinski definition) is 1. The average molecular weight is 536 g/mol. The fraction of sp³-hybridized carbons (Fsp3) is 0.567. The molecule has 3 amide bonds. The molecule has 1 aromatic rings. The van der Waals surface area contributed by atoms with Gasteiger partial charge in [0, 0.05) is 30.1 Å². The van der Waals surface area contributed by atoms with E-state index in [-0.39, 0.29) is 35.6 Å². The summed E-state index contributed by atoms with van der Waals surface area (Å²) in [6, 6.07) is 8.59. The smallest absolute Gasteiger partial charge is 0.247 e. The minimum absolute atomic E-state index is 0.0232. The van der Waals surface area contributed by atoms with Crippen LogP contribution in [0.1, 0.15) is 45.4 Å². The molecular weight excluding hydrogens is 498 g/mol. The van der Waals surface area contributed by atoms with E-state index in [2.05, 4.69) is 18.2 Å². The monoisotopic (exact) mass is 535 g/mol. The van der Waals surface area contributed by atoms with Gasteiger partial charge in [0.15, 0.2) is 0 Å². The molecule has 6 atom stereocenters. The highest BCUT2D eigenvalue weighted by Crippen LogP contribution is 2.61. The van der Waals surface area contributed by atoms with Crippen LogP contribution in [0.3, 0.4) is 0 Å². The molecule has 6 rings (SSSR count). The molecule has 38 heavy (non-hydrogen) atoms. The Morgan fingerprint density at radius 1 is 1.00 bits per heavy atom. The van der Waals surface area contributed by atoms with Crippen LogP contribution in [0.25, 0.3) is 0 Å². The first-order chi connectivity index (χ1) is 18.5. The zero-order valence-corrected chi connectivity index (χ0v) is 22.8. The zero-order valence-electron chi connectivity index (χ0n) is 21.9. The van der Waals surface area contributed by atoms with Gasteiger partial charge >= 0.3 is 0 Å². The third kappa shape index (κ3) is 3.86. The molecule has 202 valence electrons. The highest BCUT2D eigenvalue weighted by atomic mass is 32.2. The summed E-state index contributed by atoms with van der Waals surface area (Å²) in [6.07, 6.45) is 14.2. The highest BCUT2D eigenvalue weighted by Gasteiger charge is 2.71. The molecule has 0 aromatic heterocycles. The van der Waals surface area contributed by atoms with Gasteiger partial charge in [-0.05, 0) is 31.4 Å². The number of benzene rings is 1. The number of para-hydroxylation sites is 1. The average Bonchev–Trinajstić information content (AvgIpc) is 3.26. The van der Waals surface area contributed by atoms with Crippen LogP contribution in [0.2, 0.25) is 0 Å². The molecule has 2 saturated heterocycles. The fourth-order valence-corrected chi connectivity index (χ4v) is 9.46. The van der Waals surface area contributed by atoms with Crippen molar-refractivity contribution in [1.82, 2.24) is 9.80 Å². The summed E-state index contributed by atoms with van der Waals surface area (Å²) in [5.41, 5.74) is 0.811. The first-order valence-corrected chi connectivity index (χ1v) is 15.0. The van der Waals surface area contributed by atoms with Crippen LogP contribution in [-0.2, 0) is 14.4 Å². The van der Waals surface area contributed by atoms with E-state index in [0.717, 1.165) is 31.4 Å². The molecule has 1 N–H and O–H groups in total. The molecule has 1 aliphatic carbocycles. The van der Waals surface area contributed by atoms with E-state index in [4.69, 9.17) is 0 Å². The Bertz CT molecular complexity index is 1150. The number of nitrogens with zero attached hydrogens (tertiary/aromatic N) is 3. The second kappa shape index (κ2) is 10.2. The number of carbonyl (C=O) groups excluding carboxylic acids is 3. The molecule has 8 heteroatoms. The van der Waals surface area contributed by atoms with Gasteiger partial charge in [0.2, 0.25) is 17.7 Å². The van der Waals surface area contributed by atoms with Gasteiger partial charge < -0.3 is 19.8 Å². The minimum atomic E-state index is -0.838. The lowest BCUT2D eigenvalue weighted by atomic mass is 9.78. The van der Waals surface area contributed by atoms with Crippen LogP contribution in [0, 0.1) is 11.8 Å². The molecular formula is C30H37N3O4S. The number of aliphatic hydroxyl groups is 1. The maximum atomic E-state index is 14.5. The summed E-state index contributed by atoms with van der Waals surface area (Å²) in [5, 5.41) is 10.1. The molecule has 1 spiro atoms. The Hall–Kier alpha value is -2.58. The second-order valence-corrected chi connectivity index (χ2v) is 12.7. The molecule has 1 saturated carbocycles. The van der Waals surface area contributed by atoms with E-state index in [1.165, 1.54) is 6.42 Å². The predicted octanol–water partition coefficient (Wildman–Crippen LogP) is 3.39. The number of hydrogen-bond acceptors (Lipinski definition) is 5. The maximum Gasteiger partial charge on any atom is 0.247 e. The van der Waals surface area contributed by atoms with Crippen molar-refractivity contribution in [3.05, 3.63) is 54.6 Å². The molecule has 3 fully saturated rings. The molecule has 1 unspecified atom stereocenters. The van der Waals surface area contributed by atoms with Gasteiger partial charge in [-0.15, -0.1) is 11.8 Å². The van der Waals surface area contributed by atoms with Crippen molar-refractivity contribution in [2.45, 2.75) is 73.6 Å². The Labute approximate surface area is 228 Å². The lowest BCUT2D eigenvalue weighted by Crippen LogP contribution is -2.58. The Balaban J connectivity index is 1.44. The Morgan fingerprint density at radius 2 is 1.76 bits per heavy atom. The lowest BCUT2D eigenvalue weighted by Gasteiger charge is -2.41. The van der Waals surface area contributed by atoms with Crippen molar-refractivity contribution in [2.75, 3.05) is 24.6 Å². The van der Waals surface area contributed by atoms with Gasteiger partial charge in [0.1, 0.15) is 6.04 Å². The second-order valence-electron chi connectivity index (χ2n) is 11.2. The van der Waals surface area contributed by atoms with Crippen LogP contribution in [0.4, 0.5) is 5.69 Å². The largest absolute Gasteiger partial charge is 0.394 e. The quantitative estimate of drug-likeness (QED) is 0.585. The van der Waals surface area contributed by atoms with Crippen molar-refractivity contribution in [2.24, 2.45) is 11.8 Å². The number of anilines is 1. The van der Waals surface area contributed by atoms with Gasteiger partial charge in [-0.3, -0.25) is 14.4 Å². The summed E-state index contributed by atoms with van der Waals surface area (Å²) >= 11 is 1.61. The topological polar surface area (TPSA) is 81.2 Å². The lowest BCUT2D eigenvalue weighted by molar-refractivity contribution is -0.147. The van der Waals surface area contributed by atoms with E-state index < -0.39 is 28.7 Å². The number of thioether (sulfide) groups is 1. The number of aliphatic hydroxyl groups excluding tert-OH is 1. The van der Waals surface area contributed by atoms with Crippen LogP contribution in [0.15, 0.2) is 54.6 Å². The summed E-state index contributed by atoms with van der Waals surface area (Å²) < 4.78 is -0.838. The van der Waals surface area contributed by atoms with Crippen molar-refractivity contribution < 1.29 is 19.5 Å². The van der Waals surface area contributed by atoms with Crippen molar-refractivity contribution >= 4 is 35.2 Å². The third-order valence-electron chi connectivity index (χ3n) is 9.29. The first kappa shape index (κ1) is 25.7. The van der Waals surface area contributed by atoms with Crippen LogP contribution in [-0.4, -0.2) is 80.4 Å². The zero-order chi connectivity index (χ0) is 26.4. The summed E-state index contributed by atoms with van der Waals surface area (Å²) in [7, 11) is 0. The van der Waals surface area contributed by atoms with E-state index in [9.17, 15) is 19.5 Å². The van der Waals surface area contributed by atoms with Crippen molar-refractivity contribution in [1.29, 1.82) is 0 Å². The number of carbonyl (C=O) groups is 3. The standard InChI is InChI=1S/C30H37N3O4S/c1-2-20(19-34)33-26-29(37)32(22-13-7-4-8-14-22)18-10-16-30(26)25(28(33)36)24-23(38-30)15-9-17-31(27(24)35)21-11-5-3-6-12-21/h3,5-6,9-12,15-16,20,22-26,34H,2,4,7-8,13-14,17-19H2,1H3/t20-,23-,24+,25-,26?,30-/m0/s1. The van der Waals surface area contributed by atoms with E-state index in [0.29, 0.717) is 19.5 Å². The minimum Gasteiger partial charge on any atom is -0.394 e. The molecule has 4 aliphatic heterocycles. The van der Waals surface area contributed by atoms with Gasteiger partial charge in [-0.2, -0.15) is 0 Å². The number of rotatable bonds is 5. The van der Waals surface area contributed by atoms with Gasteiger partial charge in [0.05, 0.1) is 29.2 Å². The predicted molar refractivity (Wildman–Crippen MR) is 149 cm³/mol. The third-order valence-corrected chi connectivity index (χ3v) is 11.0. The van der Waals surface area contributed by atoms with E-state index in [1.54, 1.807) is 21.6 Å². The molecule has 5 aliphatic rings. The highest BCUT2D eigenvalue weighted by molar-refractivity contribution is 8.02. The van der Waals surface area contributed by atoms with Crippen LogP contribution < -0.4 is 4.90 Å².